The number of methoxy groups -OCH3 is 1. The van der Waals surface area contributed by atoms with Gasteiger partial charge in [-0.05, 0) is 24.5 Å². The highest BCUT2D eigenvalue weighted by Gasteiger charge is 2.11. The average Bonchev–Trinajstić information content (AvgIpc) is 2.38. The molecule has 3 nitrogen and oxygen atoms in total. The molecule has 0 aliphatic rings. The minimum atomic E-state index is 0.0931. The van der Waals surface area contributed by atoms with Gasteiger partial charge in [-0.1, -0.05) is 31.2 Å². The van der Waals surface area contributed by atoms with Crippen molar-refractivity contribution in [2.45, 2.75) is 39.0 Å². The SMILES string of the molecule is CCC(COC)NC(C)c1cccc(CO)c1. The second-order valence-corrected chi connectivity index (χ2v) is 4.35. The van der Waals surface area contributed by atoms with Gasteiger partial charge in [0.2, 0.25) is 0 Å². The van der Waals surface area contributed by atoms with Gasteiger partial charge in [0.1, 0.15) is 0 Å². The van der Waals surface area contributed by atoms with Crippen LogP contribution in [0.3, 0.4) is 0 Å². The summed E-state index contributed by atoms with van der Waals surface area (Å²) in [6, 6.07) is 8.67. The van der Waals surface area contributed by atoms with Gasteiger partial charge in [-0.2, -0.15) is 0 Å². The van der Waals surface area contributed by atoms with Crippen molar-refractivity contribution in [3.05, 3.63) is 35.4 Å². The van der Waals surface area contributed by atoms with Gasteiger partial charge in [0, 0.05) is 19.2 Å². The van der Waals surface area contributed by atoms with E-state index in [1.165, 1.54) is 5.56 Å². The zero-order chi connectivity index (χ0) is 12.7. The Morgan fingerprint density at radius 1 is 1.41 bits per heavy atom. The van der Waals surface area contributed by atoms with Crippen molar-refractivity contribution >= 4 is 0 Å². The molecule has 0 amide bonds. The van der Waals surface area contributed by atoms with E-state index in [4.69, 9.17) is 9.84 Å². The molecule has 0 spiro atoms. The molecule has 2 N–H and O–H groups in total. The minimum absolute atomic E-state index is 0.0931. The summed E-state index contributed by atoms with van der Waals surface area (Å²) in [4.78, 5) is 0. The normalized spacial score (nSPS) is 14.6. The molecule has 0 aliphatic carbocycles. The van der Waals surface area contributed by atoms with Gasteiger partial charge in [0.25, 0.3) is 0 Å². The molecule has 0 aromatic heterocycles. The fourth-order valence-corrected chi connectivity index (χ4v) is 1.90. The van der Waals surface area contributed by atoms with Crippen LogP contribution >= 0.6 is 0 Å². The molecule has 2 unspecified atom stereocenters. The van der Waals surface area contributed by atoms with Gasteiger partial charge < -0.3 is 15.2 Å². The zero-order valence-corrected chi connectivity index (χ0v) is 10.9. The summed E-state index contributed by atoms with van der Waals surface area (Å²) in [6.07, 6.45) is 1.04. The smallest absolute Gasteiger partial charge is 0.0681 e. The molecule has 0 bridgehead atoms. The molecule has 1 rings (SSSR count). The van der Waals surface area contributed by atoms with Crippen LogP contribution in [0, 0.1) is 0 Å². The van der Waals surface area contributed by atoms with Crippen LogP contribution in [0.15, 0.2) is 24.3 Å². The second-order valence-electron chi connectivity index (χ2n) is 4.35. The Morgan fingerprint density at radius 2 is 2.18 bits per heavy atom. The van der Waals surface area contributed by atoms with Gasteiger partial charge in [0.05, 0.1) is 13.2 Å². The van der Waals surface area contributed by atoms with Gasteiger partial charge in [-0.15, -0.1) is 0 Å². The standard InChI is InChI=1S/C14H23NO2/c1-4-14(10-17-3)15-11(2)13-7-5-6-12(8-13)9-16/h5-8,11,14-16H,4,9-10H2,1-3H3. The largest absolute Gasteiger partial charge is 0.392 e. The first-order chi connectivity index (χ1) is 8.21. The van der Waals surface area contributed by atoms with Crippen molar-refractivity contribution in [2.24, 2.45) is 0 Å². The Labute approximate surface area is 104 Å². The Bertz CT molecular complexity index is 328. The number of benzene rings is 1. The van der Waals surface area contributed by atoms with E-state index in [-0.39, 0.29) is 12.6 Å². The molecule has 1 aromatic carbocycles. The van der Waals surface area contributed by atoms with E-state index >= 15 is 0 Å². The van der Waals surface area contributed by atoms with Crippen LogP contribution in [0.25, 0.3) is 0 Å². The lowest BCUT2D eigenvalue weighted by molar-refractivity contribution is 0.159. The molecule has 3 heteroatoms. The molecular weight excluding hydrogens is 214 g/mol. The molecular formula is C14H23NO2. The van der Waals surface area contributed by atoms with Crippen LogP contribution < -0.4 is 5.32 Å². The number of hydrogen-bond donors (Lipinski definition) is 2. The van der Waals surface area contributed by atoms with E-state index in [1.807, 2.05) is 18.2 Å². The van der Waals surface area contributed by atoms with Crippen molar-refractivity contribution in [3.63, 3.8) is 0 Å². The lowest BCUT2D eigenvalue weighted by atomic mass is 10.0. The third-order valence-electron chi connectivity index (χ3n) is 2.98. The van der Waals surface area contributed by atoms with Gasteiger partial charge >= 0.3 is 0 Å². The Kier molecular flexibility index (Phi) is 6.19. The number of aliphatic hydroxyl groups excluding tert-OH is 1. The minimum Gasteiger partial charge on any atom is -0.392 e. The molecule has 1 aromatic rings. The fraction of sp³-hybridized carbons (Fsp3) is 0.571. The number of hydrogen-bond acceptors (Lipinski definition) is 3. The molecule has 0 aliphatic heterocycles. The van der Waals surface area contributed by atoms with Crippen LogP contribution in [0.1, 0.15) is 37.4 Å². The van der Waals surface area contributed by atoms with Crippen molar-refractivity contribution in [3.8, 4) is 0 Å². The summed E-state index contributed by atoms with van der Waals surface area (Å²) in [5, 5.41) is 12.6. The van der Waals surface area contributed by atoms with E-state index < -0.39 is 0 Å². The van der Waals surface area contributed by atoms with Crippen molar-refractivity contribution in [1.29, 1.82) is 0 Å². The van der Waals surface area contributed by atoms with E-state index in [9.17, 15) is 0 Å². The van der Waals surface area contributed by atoms with Crippen LogP contribution in [-0.4, -0.2) is 24.9 Å². The summed E-state index contributed by atoms with van der Waals surface area (Å²) in [5.41, 5.74) is 2.15. The third-order valence-corrected chi connectivity index (χ3v) is 2.98. The highest BCUT2D eigenvalue weighted by molar-refractivity contribution is 5.25. The maximum Gasteiger partial charge on any atom is 0.0681 e. The van der Waals surface area contributed by atoms with Gasteiger partial charge in [-0.3, -0.25) is 0 Å². The highest BCUT2D eigenvalue weighted by atomic mass is 16.5. The highest BCUT2D eigenvalue weighted by Crippen LogP contribution is 2.15. The molecule has 2 atom stereocenters. The van der Waals surface area contributed by atoms with E-state index in [1.54, 1.807) is 7.11 Å². The molecule has 0 fully saturated rings. The molecule has 0 radical (unpaired) electrons. The van der Waals surface area contributed by atoms with Crippen LogP contribution in [-0.2, 0) is 11.3 Å². The number of ether oxygens (including phenoxy) is 1. The molecule has 17 heavy (non-hydrogen) atoms. The van der Waals surface area contributed by atoms with Gasteiger partial charge in [-0.25, -0.2) is 0 Å². The number of nitrogens with one attached hydrogen (secondary N) is 1. The average molecular weight is 237 g/mol. The monoisotopic (exact) mass is 237 g/mol. The van der Waals surface area contributed by atoms with E-state index in [0.29, 0.717) is 6.04 Å². The topological polar surface area (TPSA) is 41.5 Å². The summed E-state index contributed by atoms with van der Waals surface area (Å²) in [7, 11) is 1.72. The van der Waals surface area contributed by atoms with Crippen molar-refractivity contribution < 1.29 is 9.84 Å². The maximum atomic E-state index is 9.12. The van der Waals surface area contributed by atoms with Crippen LogP contribution in [0.4, 0.5) is 0 Å². The Balaban J connectivity index is 2.64. The van der Waals surface area contributed by atoms with Crippen LogP contribution in [0.2, 0.25) is 0 Å². The predicted molar refractivity (Wildman–Crippen MR) is 69.9 cm³/mol. The zero-order valence-electron chi connectivity index (χ0n) is 10.9. The molecule has 0 heterocycles. The lowest BCUT2D eigenvalue weighted by Crippen LogP contribution is -2.34. The van der Waals surface area contributed by atoms with Crippen molar-refractivity contribution in [2.75, 3.05) is 13.7 Å². The first-order valence-electron chi connectivity index (χ1n) is 6.16. The summed E-state index contributed by atoms with van der Waals surface area (Å²) in [6.45, 7) is 5.10. The first kappa shape index (κ1) is 14.2. The quantitative estimate of drug-likeness (QED) is 0.764. The summed E-state index contributed by atoms with van der Waals surface area (Å²) in [5.74, 6) is 0. The predicted octanol–water partition coefficient (Wildman–Crippen LogP) is 2.25. The molecule has 0 saturated carbocycles. The van der Waals surface area contributed by atoms with E-state index in [0.717, 1.165) is 18.6 Å². The Hall–Kier alpha value is -0.900. The number of rotatable bonds is 7. The molecule has 0 saturated heterocycles. The van der Waals surface area contributed by atoms with Gasteiger partial charge in [0.15, 0.2) is 0 Å². The third kappa shape index (κ3) is 4.46. The second kappa shape index (κ2) is 7.43. The Morgan fingerprint density at radius 3 is 2.76 bits per heavy atom. The fourth-order valence-electron chi connectivity index (χ4n) is 1.90. The molecule has 96 valence electrons. The lowest BCUT2D eigenvalue weighted by Gasteiger charge is -2.22. The van der Waals surface area contributed by atoms with Crippen molar-refractivity contribution in [1.82, 2.24) is 5.32 Å². The number of aliphatic hydroxyl groups is 1. The maximum absolute atomic E-state index is 9.12. The van der Waals surface area contributed by atoms with E-state index in [2.05, 4.69) is 25.2 Å². The summed E-state index contributed by atoms with van der Waals surface area (Å²) >= 11 is 0. The first-order valence-corrected chi connectivity index (χ1v) is 6.16. The summed E-state index contributed by atoms with van der Waals surface area (Å²) < 4.78 is 5.17. The van der Waals surface area contributed by atoms with Crippen LogP contribution in [0.5, 0.6) is 0 Å².